The van der Waals surface area contributed by atoms with E-state index in [2.05, 4.69) is 29.6 Å². The molecule has 5 heteroatoms. The summed E-state index contributed by atoms with van der Waals surface area (Å²) in [5.41, 5.74) is 3.91. The van der Waals surface area contributed by atoms with E-state index < -0.39 is 0 Å². The third kappa shape index (κ3) is 4.94. The van der Waals surface area contributed by atoms with Gasteiger partial charge in [-0.05, 0) is 41.3 Å². The molecule has 31 heavy (non-hydrogen) atoms. The zero-order chi connectivity index (χ0) is 21.6. The molecule has 2 amide bonds. The van der Waals surface area contributed by atoms with Crippen molar-refractivity contribution in [2.24, 2.45) is 5.92 Å². The summed E-state index contributed by atoms with van der Waals surface area (Å²) >= 11 is 0. The van der Waals surface area contributed by atoms with Crippen molar-refractivity contribution in [3.63, 3.8) is 0 Å². The van der Waals surface area contributed by atoms with Crippen LogP contribution in [0.2, 0.25) is 0 Å². The van der Waals surface area contributed by atoms with Gasteiger partial charge in [0.2, 0.25) is 5.91 Å². The molecule has 1 atom stereocenters. The molecular weight excluding hydrogens is 388 g/mol. The molecule has 1 unspecified atom stereocenters. The Morgan fingerprint density at radius 3 is 2.58 bits per heavy atom. The molecule has 0 aromatic heterocycles. The Morgan fingerprint density at radius 2 is 1.77 bits per heavy atom. The van der Waals surface area contributed by atoms with Crippen LogP contribution in [0.5, 0.6) is 5.75 Å². The first-order chi connectivity index (χ1) is 15.1. The summed E-state index contributed by atoms with van der Waals surface area (Å²) in [6.07, 6.45) is 0.578. The summed E-state index contributed by atoms with van der Waals surface area (Å²) in [7, 11) is 1.58. The molecule has 0 spiro atoms. The first-order valence-corrected chi connectivity index (χ1v) is 10.5. The first-order valence-electron chi connectivity index (χ1n) is 10.5. The predicted molar refractivity (Wildman–Crippen MR) is 121 cm³/mol. The molecule has 1 N–H and O–H groups in total. The van der Waals surface area contributed by atoms with E-state index in [-0.39, 0.29) is 17.7 Å². The molecule has 1 aliphatic heterocycles. The summed E-state index contributed by atoms with van der Waals surface area (Å²) < 4.78 is 5.24. The minimum atomic E-state index is -0.303. The lowest BCUT2D eigenvalue weighted by molar-refractivity contribution is -0.124. The summed E-state index contributed by atoms with van der Waals surface area (Å²) in [5.74, 6) is 0.247. The predicted octanol–water partition coefficient (Wildman–Crippen LogP) is 3.79. The number of amides is 2. The summed E-state index contributed by atoms with van der Waals surface area (Å²) in [6.45, 7) is 1.33. The van der Waals surface area contributed by atoms with Gasteiger partial charge in [0.25, 0.3) is 5.91 Å². The van der Waals surface area contributed by atoms with Crippen molar-refractivity contribution in [3.8, 4) is 16.9 Å². The fourth-order valence-corrected chi connectivity index (χ4v) is 3.97. The number of nitrogens with zero attached hydrogens (tertiary/aromatic N) is 1. The molecule has 1 saturated heterocycles. The van der Waals surface area contributed by atoms with Crippen molar-refractivity contribution >= 4 is 11.8 Å². The Balaban J connectivity index is 1.52. The number of hydrogen-bond acceptors (Lipinski definition) is 3. The molecule has 158 valence electrons. The Morgan fingerprint density at radius 1 is 1.00 bits per heavy atom. The number of rotatable bonds is 5. The molecule has 0 bridgehead atoms. The lowest BCUT2D eigenvalue weighted by atomic mass is 9.95. The average molecular weight is 415 g/mol. The van der Waals surface area contributed by atoms with Crippen LogP contribution in [0.3, 0.4) is 0 Å². The molecule has 1 aliphatic rings. The molecular formula is C26H26N2O3. The van der Waals surface area contributed by atoms with Gasteiger partial charge in [-0.2, -0.15) is 0 Å². The zero-order valence-electron chi connectivity index (χ0n) is 17.6. The average Bonchev–Trinajstić information content (AvgIpc) is 3.00. The van der Waals surface area contributed by atoms with Gasteiger partial charge in [0.1, 0.15) is 5.75 Å². The molecule has 0 saturated carbocycles. The third-order valence-electron chi connectivity index (χ3n) is 5.61. The van der Waals surface area contributed by atoms with Crippen LogP contribution in [0.1, 0.15) is 15.9 Å². The number of hydrogen-bond donors (Lipinski definition) is 1. The van der Waals surface area contributed by atoms with Crippen LogP contribution < -0.4 is 10.1 Å². The van der Waals surface area contributed by atoms with Gasteiger partial charge < -0.3 is 15.0 Å². The van der Waals surface area contributed by atoms with Gasteiger partial charge >= 0.3 is 0 Å². The number of nitrogens with one attached hydrogen (secondary N) is 1. The maximum absolute atomic E-state index is 13.1. The van der Waals surface area contributed by atoms with E-state index in [9.17, 15) is 9.59 Å². The van der Waals surface area contributed by atoms with Gasteiger partial charge in [-0.3, -0.25) is 9.59 Å². The number of carbonyl (C=O) groups is 2. The molecule has 0 radical (unpaired) electrons. The SMILES string of the molecule is COc1cccc(C(=O)N2CCNC(=O)C(Cc3cccc(-c4ccccc4)c3)C2)c1. The van der Waals surface area contributed by atoms with Gasteiger partial charge in [-0.1, -0.05) is 60.7 Å². The molecule has 3 aromatic rings. The van der Waals surface area contributed by atoms with E-state index in [4.69, 9.17) is 4.74 Å². The van der Waals surface area contributed by atoms with E-state index in [0.29, 0.717) is 37.4 Å². The lowest BCUT2D eigenvalue weighted by Crippen LogP contribution is -2.37. The smallest absolute Gasteiger partial charge is 0.254 e. The van der Waals surface area contributed by atoms with Crippen molar-refractivity contribution in [1.29, 1.82) is 0 Å². The number of benzene rings is 3. The van der Waals surface area contributed by atoms with Crippen LogP contribution in [0.25, 0.3) is 11.1 Å². The highest BCUT2D eigenvalue weighted by atomic mass is 16.5. The maximum atomic E-state index is 13.1. The van der Waals surface area contributed by atoms with E-state index in [0.717, 1.165) is 16.7 Å². The summed E-state index contributed by atoms with van der Waals surface area (Å²) in [5, 5.41) is 2.96. The summed E-state index contributed by atoms with van der Waals surface area (Å²) in [4.78, 5) is 27.6. The van der Waals surface area contributed by atoms with Crippen LogP contribution in [0.4, 0.5) is 0 Å². The van der Waals surface area contributed by atoms with Crippen LogP contribution in [-0.2, 0) is 11.2 Å². The number of carbonyl (C=O) groups excluding carboxylic acids is 2. The third-order valence-corrected chi connectivity index (χ3v) is 5.61. The maximum Gasteiger partial charge on any atom is 0.254 e. The van der Waals surface area contributed by atoms with Gasteiger partial charge in [-0.25, -0.2) is 0 Å². The van der Waals surface area contributed by atoms with Crippen molar-refractivity contribution < 1.29 is 14.3 Å². The molecule has 0 aliphatic carbocycles. The van der Waals surface area contributed by atoms with E-state index >= 15 is 0 Å². The largest absolute Gasteiger partial charge is 0.497 e. The minimum absolute atomic E-state index is 0.00828. The second-order valence-electron chi connectivity index (χ2n) is 7.74. The highest BCUT2D eigenvalue weighted by molar-refractivity contribution is 5.95. The Bertz CT molecular complexity index is 1070. The Labute approximate surface area is 182 Å². The highest BCUT2D eigenvalue weighted by Gasteiger charge is 2.28. The van der Waals surface area contributed by atoms with Gasteiger partial charge in [-0.15, -0.1) is 0 Å². The first kappa shape index (κ1) is 20.7. The van der Waals surface area contributed by atoms with Gasteiger partial charge in [0.15, 0.2) is 0 Å². The fourth-order valence-electron chi connectivity index (χ4n) is 3.97. The number of ether oxygens (including phenoxy) is 1. The molecule has 4 rings (SSSR count). The van der Waals surface area contributed by atoms with Crippen LogP contribution in [-0.4, -0.2) is 43.5 Å². The highest BCUT2D eigenvalue weighted by Crippen LogP contribution is 2.23. The van der Waals surface area contributed by atoms with Crippen molar-refractivity contribution in [2.75, 3.05) is 26.7 Å². The Hall–Kier alpha value is -3.60. The molecule has 5 nitrogen and oxygen atoms in total. The number of methoxy groups -OCH3 is 1. The Kier molecular flexibility index (Phi) is 6.32. The second-order valence-corrected chi connectivity index (χ2v) is 7.74. The zero-order valence-corrected chi connectivity index (χ0v) is 17.6. The summed E-state index contributed by atoms with van der Waals surface area (Å²) in [6, 6.07) is 25.6. The quantitative estimate of drug-likeness (QED) is 0.691. The topological polar surface area (TPSA) is 58.6 Å². The van der Waals surface area contributed by atoms with Gasteiger partial charge in [0.05, 0.1) is 13.0 Å². The van der Waals surface area contributed by atoms with Crippen LogP contribution >= 0.6 is 0 Å². The standard InChI is InChI=1S/C26H26N2O3/c1-31-24-12-6-11-22(17-24)26(30)28-14-13-27-25(29)23(18-28)16-19-7-5-10-21(15-19)20-8-3-2-4-9-20/h2-12,15,17,23H,13-14,16,18H2,1H3,(H,27,29). The van der Waals surface area contributed by atoms with Crippen molar-refractivity contribution in [1.82, 2.24) is 10.2 Å². The fraction of sp³-hybridized carbons (Fsp3) is 0.231. The van der Waals surface area contributed by atoms with Crippen LogP contribution in [0, 0.1) is 5.92 Å². The van der Waals surface area contributed by atoms with Crippen molar-refractivity contribution in [2.45, 2.75) is 6.42 Å². The van der Waals surface area contributed by atoms with Gasteiger partial charge in [0, 0.05) is 25.2 Å². The lowest BCUT2D eigenvalue weighted by Gasteiger charge is -2.23. The molecule has 1 fully saturated rings. The second kappa shape index (κ2) is 9.47. The minimum Gasteiger partial charge on any atom is -0.497 e. The van der Waals surface area contributed by atoms with E-state index in [1.165, 1.54) is 0 Å². The normalized spacial score (nSPS) is 16.4. The van der Waals surface area contributed by atoms with Crippen LogP contribution in [0.15, 0.2) is 78.9 Å². The monoisotopic (exact) mass is 414 g/mol. The van der Waals surface area contributed by atoms with Crippen molar-refractivity contribution in [3.05, 3.63) is 90.0 Å². The molecule has 1 heterocycles. The molecule has 3 aromatic carbocycles. The van der Waals surface area contributed by atoms with E-state index in [1.807, 2.05) is 36.4 Å². The van der Waals surface area contributed by atoms with E-state index in [1.54, 1.807) is 30.2 Å².